The monoisotopic (exact) mass is 431 g/mol. The Hall–Kier alpha value is -3.49. The van der Waals surface area contributed by atoms with Gasteiger partial charge in [-0.25, -0.2) is 0 Å². The van der Waals surface area contributed by atoms with Crippen LogP contribution in [0.15, 0.2) is 59.3 Å². The lowest BCUT2D eigenvalue weighted by molar-refractivity contribution is 0.0630. The second kappa shape index (κ2) is 8.94. The number of aromatic amines is 1. The maximum Gasteiger partial charge on any atom is 0.256 e. The number of H-pyrrole nitrogens is 1. The number of aromatic nitrogens is 3. The third-order valence-corrected chi connectivity index (χ3v) is 5.83. The Bertz CT molecular complexity index is 1210. The lowest BCUT2D eigenvalue weighted by Crippen LogP contribution is -2.48. The normalized spacial score (nSPS) is 14.8. The van der Waals surface area contributed by atoms with E-state index in [9.17, 15) is 4.79 Å². The van der Waals surface area contributed by atoms with E-state index in [1.165, 1.54) is 5.56 Å². The molecule has 2 aromatic carbocycles. The minimum Gasteiger partial charge on any atom is -0.375 e. The van der Waals surface area contributed by atoms with Crippen LogP contribution < -0.4 is 0 Å². The average molecular weight is 431 g/mol. The van der Waals surface area contributed by atoms with Crippen molar-refractivity contribution in [3.05, 3.63) is 71.7 Å². The first-order valence-electron chi connectivity index (χ1n) is 10.7. The number of fused-ring (bicyclic) bond motifs is 1. The molecule has 2 aromatic heterocycles. The van der Waals surface area contributed by atoms with E-state index in [2.05, 4.69) is 32.2 Å². The van der Waals surface area contributed by atoms with Crippen molar-refractivity contribution in [3.8, 4) is 11.4 Å². The van der Waals surface area contributed by atoms with Crippen LogP contribution in [0.25, 0.3) is 22.3 Å². The molecule has 0 saturated carbocycles. The second-order valence-electron chi connectivity index (χ2n) is 7.96. The summed E-state index contributed by atoms with van der Waals surface area (Å²) >= 11 is 0. The first-order chi connectivity index (χ1) is 15.7. The number of rotatable bonds is 6. The van der Waals surface area contributed by atoms with E-state index >= 15 is 0 Å². The Morgan fingerprint density at radius 1 is 1.09 bits per heavy atom. The number of carbonyl (C=O) groups is 1. The smallest absolute Gasteiger partial charge is 0.256 e. The standard InChI is InChI=1S/C24H25N5O3/c1-31-16-21-26-23(27-32-21)19-7-5-17(6-8-19)15-28-11-13-29(14-12-28)24(30)20-4-2-3-18-9-10-25-22(18)20/h2-10,25H,11-16H2,1H3. The van der Waals surface area contributed by atoms with E-state index in [-0.39, 0.29) is 5.91 Å². The molecule has 1 fully saturated rings. The molecule has 4 aromatic rings. The SMILES string of the molecule is COCc1nc(-c2ccc(CN3CCN(C(=O)c4cccc5cc[nH]c45)CC3)cc2)no1. The molecule has 0 unspecified atom stereocenters. The van der Waals surface area contributed by atoms with Crippen molar-refractivity contribution in [2.45, 2.75) is 13.2 Å². The maximum absolute atomic E-state index is 13.1. The molecule has 1 saturated heterocycles. The highest BCUT2D eigenvalue weighted by atomic mass is 16.5. The highest BCUT2D eigenvalue weighted by Gasteiger charge is 2.23. The molecule has 0 atom stereocenters. The van der Waals surface area contributed by atoms with Gasteiger partial charge in [0.1, 0.15) is 6.61 Å². The van der Waals surface area contributed by atoms with Crippen LogP contribution in [0.2, 0.25) is 0 Å². The van der Waals surface area contributed by atoms with Crippen LogP contribution >= 0.6 is 0 Å². The Kier molecular flexibility index (Phi) is 5.70. The van der Waals surface area contributed by atoms with Gasteiger partial charge in [0.2, 0.25) is 5.82 Å². The number of amides is 1. The van der Waals surface area contributed by atoms with Crippen LogP contribution in [-0.2, 0) is 17.9 Å². The predicted octanol–water partition coefficient (Wildman–Crippen LogP) is 3.32. The summed E-state index contributed by atoms with van der Waals surface area (Å²) in [6.07, 6.45) is 1.88. The van der Waals surface area contributed by atoms with Crippen LogP contribution in [0.4, 0.5) is 0 Å². The molecule has 5 rings (SSSR count). The van der Waals surface area contributed by atoms with Gasteiger partial charge in [0.05, 0.1) is 11.1 Å². The molecule has 1 amide bonds. The summed E-state index contributed by atoms with van der Waals surface area (Å²) < 4.78 is 10.2. The van der Waals surface area contributed by atoms with Gasteiger partial charge < -0.3 is 19.1 Å². The molecule has 0 aliphatic carbocycles. The van der Waals surface area contributed by atoms with Crippen molar-refractivity contribution in [2.75, 3.05) is 33.3 Å². The molecule has 1 N–H and O–H groups in total. The second-order valence-corrected chi connectivity index (χ2v) is 7.96. The minimum absolute atomic E-state index is 0.0926. The minimum atomic E-state index is 0.0926. The molecular formula is C24H25N5O3. The van der Waals surface area contributed by atoms with Crippen LogP contribution in [0, 0.1) is 0 Å². The van der Waals surface area contributed by atoms with E-state index < -0.39 is 0 Å². The van der Waals surface area contributed by atoms with Crippen molar-refractivity contribution in [1.29, 1.82) is 0 Å². The molecule has 32 heavy (non-hydrogen) atoms. The van der Waals surface area contributed by atoms with Crippen molar-refractivity contribution in [2.24, 2.45) is 0 Å². The van der Waals surface area contributed by atoms with Gasteiger partial charge in [-0.1, -0.05) is 41.6 Å². The number of benzene rings is 2. The number of nitrogens with one attached hydrogen (secondary N) is 1. The summed E-state index contributed by atoms with van der Waals surface area (Å²) in [4.78, 5) is 24.9. The quantitative estimate of drug-likeness (QED) is 0.504. The number of para-hydroxylation sites is 1. The van der Waals surface area contributed by atoms with Gasteiger partial charge in [-0.15, -0.1) is 0 Å². The van der Waals surface area contributed by atoms with E-state index in [0.717, 1.165) is 54.8 Å². The fourth-order valence-corrected chi connectivity index (χ4v) is 4.11. The molecule has 1 aliphatic rings. The molecule has 0 radical (unpaired) electrons. The van der Waals surface area contributed by atoms with Crippen molar-refractivity contribution < 1.29 is 14.1 Å². The summed E-state index contributed by atoms with van der Waals surface area (Å²) in [5.74, 6) is 1.12. The maximum atomic E-state index is 13.1. The zero-order valence-electron chi connectivity index (χ0n) is 18.0. The number of methoxy groups -OCH3 is 1. The van der Waals surface area contributed by atoms with Gasteiger partial charge in [0, 0.05) is 57.0 Å². The predicted molar refractivity (Wildman–Crippen MR) is 120 cm³/mol. The van der Waals surface area contributed by atoms with E-state index in [4.69, 9.17) is 9.26 Å². The Morgan fingerprint density at radius 2 is 1.91 bits per heavy atom. The van der Waals surface area contributed by atoms with Crippen LogP contribution in [0.3, 0.4) is 0 Å². The number of piperazine rings is 1. The summed E-state index contributed by atoms with van der Waals surface area (Å²) in [6, 6.07) is 16.0. The largest absolute Gasteiger partial charge is 0.375 e. The number of hydrogen-bond acceptors (Lipinski definition) is 6. The van der Waals surface area contributed by atoms with Gasteiger partial charge >= 0.3 is 0 Å². The Balaban J connectivity index is 1.18. The lowest BCUT2D eigenvalue weighted by atomic mass is 10.1. The van der Waals surface area contributed by atoms with Gasteiger partial charge in [-0.2, -0.15) is 4.98 Å². The topological polar surface area (TPSA) is 87.5 Å². The van der Waals surface area contributed by atoms with E-state index in [1.54, 1.807) is 7.11 Å². The zero-order valence-corrected chi connectivity index (χ0v) is 18.0. The fourth-order valence-electron chi connectivity index (χ4n) is 4.11. The van der Waals surface area contributed by atoms with Crippen LogP contribution in [-0.4, -0.2) is 64.1 Å². The van der Waals surface area contributed by atoms with Gasteiger partial charge in [-0.05, 0) is 17.7 Å². The molecule has 0 spiro atoms. The first kappa shape index (κ1) is 20.4. The summed E-state index contributed by atoms with van der Waals surface area (Å²) in [7, 11) is 1.59. The molecule has 1 aliphatic heterocycles. The van der Waals surface area contributed by atoms with Crippen molar-refractivity contribution in [3.63, 3.8) is 0 Å². The average Bonchev–Trinajstić information content (AvgIpc) is 3.49. The van der Waals surface area contributed by atoms with E-state index in [1.807, 2.05) is 47.5 Å². The van der Waals surface area contributed by atoms with Gasteiger partial charge in [0.15, 0.2) is 0 Å². The molecule has 3 heterocycles. The first-order valence-corrected chi connectivity index (χ1v) is 10.7. The Labute approximate surface area is 185 Å². The zero-order chi connectivity index (χ0) is 21.9. The highest BCUT2D eigenvalue weighted by molar-refractivity contribution is 6.05. The number of nitrogens with zero attached hydrogens (tertiary/aromatic N) is 4. The number of carbonyl (C=O) groups excluding carboxylic acids is 1. The molecule has 8 nitrogen and oxygen atoms in total. The highest BCUT2D eigenvalue weighted by Crippen LogP contribution is 2.21. The van der Waals surface area contributed by atoms with Gasteiger partial charge in [-0.3, -0.25) is 9.69 Å². The third kappa shape index (κ3) is 4.15. The van der Waals surface area contributed by atoms with Gasteiger partial charge in [0.25, 0.3) is 11.8 Å². The van der Waals surface area contributed by atoms with Crippen molar-refractivity contribution >= 4 is 16.8 Å². The van der Waals surface area contributed by atoms with E-state index in [0.29, 0.717) is 18.3 Å². The molecule has 8 heteroatoms. The summed E-state index contributed by atoms with van der Waals surface area (Å²) in [5, 5.41) is 5.06. The molecular weight excluding hydrogens is 406 g/mol. The Morgan fingerprint density at radius 3 is 2.69 bits per heavy atom. The molecule has 0 bridgehead atoms. The number of hydrogen-bond donors (Lipinski definition) is 1. The fraction of sp³-hybridized carbons (Fsp3) is 0.292. The van der Waals surface area contributed by atoms with Crippen LogP contribution in [0.5, 0.6) is 0 Å². The summed E-state index contributed by atoms with van der Waals surface area (Å²) in [6.45, 7) is 4.28. The lowest BCUT2D eigenvalue weighted by Gasteiger charge is -2.35. The van der Waals surface area contributed by atoms with Crippen LogP contribution in [0.1, 0.15) is 21.8 Å². The van der Waals surface area contributed by atoms with Crippen molar-refractivity contribution in [1.82, 2.24) is 24.9 Å². The number of ether oxygens (including phenoxy) is 1. The third-order valence-electron chi connectivity index (χ3n) is 5.83. The summed E-state index contributed by atoms with van der Waals surface area (Å²) in [5.41, 5.74) is 3.78. The molecule has 164 valence electrons.